The highest BCUT2D eigenvalue weighted by molar-refractivity contribution is 5.86. The average molecular weight is 379 g/mol. The molecule has 0 bridgehead atoms. The van der Waals surface area contributed by atoms with Crippen molar-refractivity contribution in [3.8, 4) is 5.75 Å². The normalized spacial score (nSPS) is 14.5. The Bertz CT molecular complexity index is 966. The highest BCUT2D eigenvalue weighted by Gasteiger charge is 2.27. The number of fused-ring (bicyclic) bond motifs is 1. The van der Waals surface area contributed by atoms with Crippen LogP contribution in [0.2, 0.25) is 0 Å². The molecule has 2 heterocycles. The number of benzene rings is 2. The van der Waals surface area contributed by atoms with Gasteiger partial charge in [0.15, 0.2) is 0 Å². The zero-order valence-corrected chi connectivity index (χ0v) is 15.6. The molecule has 2 aromatic carbocycles. The van der Waals surface area contributed by atoms with Gasteiger partial charge in [-0.05, 0) is 29.8 Å². The van der Waals surface area contributed by atoms with E-state index in [9.17, 15) is 9.59 Å². The lowest BCUT2D eigenvalue weighted by Gasteiger charge is -2.34. The third kappa shape index (κ3) is 3.80. The molecular weight excluding hydrogens is 358 g/mol. The van der Waals surface area contributed by atoms with Gasteiger partial charge in [0, 0.05) is 19.6 Å². The van der Waals surface area contributed by atoms with Crippen LogP contribution in [0, 0.1) is 0 Å². The Morgan fingerprint density at radius 1 is 1.04 bits per heavy atom. The van der Waals surface area contributed by atoms with Crippen molar-refractivity contribution in [3.63, 3.8) is 0 Å². The number of ether oxygens (including phenoxy) is 1. The van der Waals surface area contributed by atoms with Crippen LogP contribution in [0.4, 0.5) is 0 Å². The molecule has 28 heavy (non-hydrogen) atoms. The zero-order valence-electron chi connectivity index (χ0n) is 15.6. The minimum Gasteiger partial charge on any atom is -0.497 e. The van der Waals surface area contributed by atoms with Crippen molar-refractivity contribution in [3.05, 3.63) is 54.1 Å². The van der Waals surface area contributed by atoms with E-state index in [1.54, 1.807) is 16.9 Å². The first-order chi connectivity index (χ1) is 13.6. The average Bonchev–Trinajstić information content (AvgIpc) is 3.12. The second-order valence-electron chi connectivity index (χ2n) is 6.70. The van der Waals surface area contributed by atoms with Crippen LogP contribution in [0.25, 0.3) is 11.0 Å². The molecule has 1 aliphatic heterocycles. The van der Waals surface area contributed by atoms with Gasteiger partial charge in [-0.2, -0.15) is 15.0 Å². The fourth-order valence-electron chi connectivity index (χ4n) is 3.24. The Kier molecular flexibility index (Phi) is 4.92. The molecule has 1 fully saturated rings. The zero-order chi connectivity index (χ0) is 19.5. The van der Waals surface area contributed by atoms with Crippen LogP contribution in [0.1, 0.15) is 5.56 Å². The molecule has 4 rings (SSSR count). The molecule has 1 aliphatic rings. The van der Waals surface area contributed by atoms with E-state index in [4.69, 9.17) is 4.74 Å². The summed E-state index contributed by atoms with van der Waals surface area (Å²) in [6.45, 7) is 1.64. The van der Waals surface area contributed by atoms with E-state index >= 15 is 0 Å². The van der Waals surface area contributed by atoms with Crippen molar-refractivity contribution in [2.24, 2.45) is 0 Å². The molecule has 0 saturated carbocycles. The number of carbonyl (C=O) groups excluding carboxylic acids is 2. The summed E-state index contributed by atoms with van der Waals surface area (Å²) >= 11 is 0. The number of aromatic nitrogens is 3. The Hall–Kier alpha value is -3.42. The van der Waals surface area contributed by atoms with Crippen LogP contribution in [-0.4, -0.2) is 63.4 Å². The summed E-state index contributed by atoms with van der Waals surface area (Å²) in [7, 11) is 1.62. The molecule has 0 unspecified atom stereocenters. The number of hydrogen-bond donors (Lipinski definition) is 0. The molecule has 3 aromatic rings. The van der Waals surface area contributed by atoms with Crippen molar-refractivity contribution in [1.82, 2.24) is 24.8 Å². The molecule has 0 radical (unpaired) electrons. The maximum Gasteiger partial charge on any atom is 0.246 e. The van der Waals surface area contributed by atoms with Gasteiger partial charge < -0.3 is 14.5 Å². The van der Waals surface area contributed by atoms with Crippen LogP contribution in [-0.2, 0) is 22.7 Å². The minimum atomic E-state index is -0.155. The van der Waals surface area contributed by atoms with E-state index in [-0.39, 0.29) is 24.9 Å². The summed E-state index contributed by atoms with van der Waals surface area (Å²) in [5.74, 6) is 0.567. The smallest absolute Gasteiger partial charge is 0.246 e. The molecule has 1 saturated heterocycles. The number of hydrogen-bond acceptors (Lipinski definition) is 5. The maximum atomic E-state index is 12.6. The predicted molar refractivity (Wildman–Crippen MR) is 103 cm³/mol. The Balaban J connectivity index is 1.34. The van der Waals surface area contributed by atoms with Crippen molar-refractivity contribution in [2.75, 3.05) is 26.7 Å². The number of piperazine rings is 1. The summed E-state index contributed by atoms with van der Waals surface area (Å²) < 4.78 is 5.15. The predicted octanol–water partition coefficient (Wildman–Crippen LogP) is 1.31. The first kappa shape index (κ1) is 18.0. The number of rotatable bonds is 5. The third-order valence-electron chi connectivity index (χ3n) is 4.81. The molecule has 2 amide bonds. The third-order valence-corrected chi connectivity index (χ3v) is 4.81. The van der Waals surface area contributed by atoms with Gasteiger partial charge in [-0.3, -0.25) is 9.59 Å². The van der Waals surface area contributed by atoms with Crippen LogP contribution in [0.15, 0.2) is 48.5 Å². The standard InChI is InChI=1S/C20H21N5O3/c1-28-16-8-6-15(7-9-16)12-23-10-11-24(13-19(23)26)20(27)14-25-21-17-4-2-3-5-18(17)22-25/h2-9H,10-14H2,1H3. The van der Waals surface area contributed by atoms with E-state index in [0.29, 0.717) is 19.6 Å². The molecule has 0 aliphatic carbocycles. The lowest BCUT2D eigenvalue weighted by Crippen LogP contribution is -2.52. The molecule has 8 heteroatoms. The summed E-state index contributed by atoms with van der Waals surface area (Å²) in [4.78, 5) is 29.8. The summed E-state index contributed by atoms with van der Waals surface area (Å²) in [5, 5.41) is 8.61. The second kappa shape index (κ2) is 7.67. The van der Waals surface area contributed by atoms with Crippen molar-refractivity contribution in [2.45, 2.75) is 13.1 Å². The lowest BCUT2D eigenvalue weighted by molar-refractivity contribution is -0.146. The maximum absolute atomic E-state index is 12.6. The highest BCUT2D eigenvalue weighted by atomic mass is 16.5. The van der Waals surface area contributed by atoms with Crippen molar-refractivity contribution < 1.29 is 14.3 Å². The van der Waals surface area contributed by atoms with Gasteiger partial charge in [0.1, 0.15) is 23.3 Å². The monoisotopic (exact) mass is 379 g/mol. The van der Waals surface area contributed by atoms with Gasteiger partial charge in [-0.25, -0.2) is 0 Å². The SMILES string of the molecule is COc1ccc(CN2CCN(C(=O)Cn3nc4ccccc4n3)CC2=O)cc1. The Morgan fingerprint density at radius 2 is 1.71 bits per heavy atom. The Labute approximate surface area is 162 Å². The van der Waals surface area contributed by atoms with Gasteiger partial charge in [0.25, 0.3) is 0 Å². The second-order valence-corrected chi connectivity index (χ2v) is 6.70. The molecule has 1 aromatic heterocycles. The van der Waals surface area contributed by atoms with E-state index in [1.807, 2.05) is 48.5 Å². The topological polar surface area (TPSA) is 80.6 Å². The number of methoxy groups -OCH3 is 1. The first-order valence-corrected chi connectivity index (χ1v) is 9.11. The molecule has 8 nitrogen and oxygen atoms in total. The highest BCUT2D eigenvalue weighted by Crippen LogP contribution is 2.15. The molecule has 0 spiro atoms. The van der Waals surface area contributed by atoms with Crippen LogP contribution in [0.5, 0.6) is 5.75 Å². The fourth-order valence-corrected chi connectivity index (χ4v) is 3.24. The van der Waals surface area contributed by atoms with Gasteiger partial charge in [-0.1, -0.05) is 24.3 Å². The van der Waals surface area contributed by atoms with Gasteiger partial charge in [0.2, 0.25) is 11.8 Å². The van der Waals surface area contributed by atoms with Crippen molar-refractivity contribution >= 4 is 22.8 Å². The number of carbonyl (C=O) groups is 2. The van der Waals surface area contributed by atoms with Crippen LogP contribution in [0.3, 0.4) is 0 Å². The number of amides is 2. The quantitative estimate of drug-likeness (QED) is 0.668. The van der Waals surface area contributed by atoms with Crippen LogP contribution >= 0.6 is 0 Å². The molecule has 144 valence electrons. The van der Waals surface area contributed by atoms with E-state index < -0.39 is 0 Å². The van der Waals surface area contributed by atoms with Gasteiger partial charge in [-0.15, -0.1) is 0 Å². The lowest BCUT2D eigenvalue weighted by atomic mass is 10.2. The van der Waals surface area contributed by atoms with Crippen molar-refractivity contribution in [1.29, 1.82) is 0 Å². The molecule has 0 N–H and O–H groups in total. The minimum absolute atomic E-state index is 0.0282. The van der Waals surface area contributed by atoms with E-state index in [0.717, 1.165) is 22.3 Å². The number of nitrogens with zero attached hydrogens (tertiary/aromatic N) is 5. The fraction of sp³-hybridized carbons (Fsp3) is 0.300. The molecular formula is C20H21N5O3. The Morgan fingerprint density at radius 3 is 2.32 bits per heavy atom. The van der Waals surface area contributed by atoms with Gasteiger partial charge >= 0.3 is 0 Å². The first-order valence-electron chi connectivity index (χ1n) is 9.11. The summed E-state index contributed by atoms with van der Waals surface area (Å²) in [5.41, 5.74) is 2.52. The van der Waals surface area contributed by atoms with Crippen LogP contribution < -0.4 is 4.74 Å². The summed E-state index contributed by atoms with van der Waals surface area (Å²) in [6, 6.07) is 15.1. The summed E-state index contributed by atoms with van der Waals surface area (Å²) in [6.07, 6.45) is 0. The van der Waals surface area contributed by atoms with E-state index in [2.05, 4.69) is 10.2 Å². The van der Waals surface area contributed by atoms with E-state index in [1.165, 1.54) is 4.80 Å². The van der Waals surface area contributed by atoms with Gasteiger partial charge in [0.05, 0.1) is 13.7 Å². The molecule has 0 atom stereocenters. The largest absolute Gasteiger partial charge is 0.497 e.